The van der Waals surface area contributed by atoms with Crippen LogP contribution in [-0.2, 0) is 16.1 Å². The maximum atomic E-state index is 13.2. The number of aliphatic hydroxyl groups is 1. The van der Waals surface area contributed by atoms with Crippen LogP contribution in [0.5, 0.6) is 5.75 Å². The van der Waals surface area contributed by atoms with Crippen molar-refractivity contribution in [3.05, 3.63) is 101 Å². The fourth-order valence-corrected chi connectivity index (χ4v) is 4.14. The van der Waals surface area contributed by atoms with Crippen molar-refractivity contribution < 1.29 is 19.4 Å². The van der Waals surface area contributed by atoms with Gasteiger partial charge in [-0.3, -0.25) is 14.6 Å². The van der Waals surface area contributed by atoms with Crippen molar-refractivity contribution in [3.63, 3.8) is 0 Å². The minimum absolute atomic E-state index is 0.0772. The van der Waals surface area contributed by atoms with Crippen LogP contribution in [0.25, 0.3) is 5.76 Å². The number of hydrogen-bond acceptors (Lipinski definition) is 5. The molecular weight excluding hydrogens is 428 g/mol. The number of Topliss-reactive ketones (excluding diaryl/α,β-unsaturated/α-hetero) is 1. The summed E-state index contributed by atoms with van der Waals surface area (Å²) in [5.74, 6) is -0.860. The van der Waals surface area contributed by atoms with Crippen LogP contribution in [0.1, 0.15) is 48.9 Å². The zero-order valence-electron chi connectivity index (χ0n) is 19.2. The summed E-state index contributed by atoms with van der Waals surface area (Å²) in [5, 5.41) is 11.1. The van der Waals surface area contributed by atoms with Gasteiger partial charge in [0.1, 0.15) is 11.5 Å². The summed E-state index contributed by atoms with van der Waals surface area (Å²) in [4.78, 5) is 31.9. The number of ketones is 1. The first-order valence-electron chi connectivity index (χ1n) is 11.6. The number of carbonyl (C=O) groups excluding carboxylic acids is 2. The van der Waals surface area contributed by atoms with Crippen molar-refractivity contribution in [1.29, 1.82) is 0 Å². The van der Waals surface area contributed by atoms with E-state index in [1.54, 1.807) is 48.8 Å². The predicted octanol–water partition coefficient (Wildman–Crippen LogP) is 5.27. The number of amides is 1. The van der Waals surface area contributed by atoms with E-state index >= 15 is 0 Å². The summed E-state index contributed by atoms with van der Waals surface area (Å²) in [6, 6.07) is 19.1. The number of nitrogens with zero attached hydrogens (tertiary/aromatic N) is 2. The molecule has 0 bridgehead atoms. The molecule has 34 heavy (non-hydrogen) atoms. The van der Waals surface area contributed by atoms with Gasteiger partial charge in [-0.2, -0.15) is 0 Å². The molecule has 2 aromatic carbocycles. The molecule has 1 N–H and O–H groups in total. The van der Waals surface area contributed by atoms with E-state index in [4.69, 9.17) is 4.74 Å². The van der Waals surface area contributed by atoms with Crippen LogP contribution in [-0.4, -0.2) is 33.3 Å². The van der Waals surface area contributed by atoms with Gasteiger partial charge in [0.05, 0.1) is 18.2 Å². The predicted molar refractivity (Wildman–Crippen MR) is 130 cm³/mol. The number of unbranched alkanes of at least 4 members (excludes halogenated alkanes) is 2. The summed E-state index contributed by atoms with van der Waals surface area (Å²) in [7, 11) is 0. The Labute approximate surface area is 199 Å². The van der Waals surface area contributed by atoms with Gasteiger partial charge in [0.15, 0.2) is 0 Å². The lowest BCUT2D eigenvalue weighted by atomic mass is 9.95. The lowest BCUT2D eigenvalue weighted by molar-refractivity contribution is -0.140. The third-order valence-electron chi connectivity index (χ3n) is 5.88. The van der Waals surface area contributed by atoms with Gasteiger partial charge in [0, 0.05) is 24.5 Å². The third-order valence-corrected chi connectivity index (χ3v) is 5.88. The van der Waals surface area contributed by atoms with Gasteiger partial charge in [-0.25, -0.2) is 0 Å². The first-order valence-corrected chi connectivity index (χ1v) is 11.6. The Morgan fingerprint density at radius 3 is 2.50 bits per heavy atom. The van der Waals surface area contributed by atoms with E-state index in [1.807, 2.05) is 30.3 Å². The fourth-order valence-electron chi connectivity index (χ4n) is 4.14. The second-order valence-electron chi connectivity index (χ2n) is 8.28. The van der Waals surface area contributed by atoms with Crippen molar-refractivity contribution in [2.75, 3.05) is 6.61 Å². The second-order valence-corrected chi connectivity index (χ2v) is 8.28. The molecule has 1 unspecified atom stereocenters. The molecule has 1 saturated heterocycles. The van der Waals surface area contributed by atoms with Crippen LogP contribution >= 0.6 is 0 Å². The van der Waals surface area contributed by atoms with Crippen LogP contribution in [0.15, 0.2) is 84.7 Å². The first-order chi connectivity index (χ1) is 16.6. The van der Waals surface area contributed by atoms with Crippen molar-refractivity contribution >= 4 is 17.4 Å². The topological polar surface area (TPSA) is 79.7 Å². The lowest BCUT2D eigenvalue weighted by Crippen LogP contribution is -2.29. The average molecular weight is 457 g/mol. The molecule has 0 radical (unpaired) electrons. The smallest absolute Gasteiger partial charge is 0.295 e. The molecule has 1 fully saturated rings. The van der Waals surface area contributed by atoms with Gasteiger partial charge in [0.2, 0.25) is 0 Å². The van der Waals surface area contributed by atoms with Crippen LogP contribution in [0.2, 0.25) is 0 Å². The van der Waals surface area contributed by atoms with Crippen LogP contribution in [0, 0.1) is 0 Å². The van der Waals surface area contributed by atoms with E-state index in [2.05, 4.69) is 11.9 Å². The zero-order chi connectivity index (χ0) is 23.9. The van der Waals surface area contributed by atoms with Crippen molar-refractivity contribution in [2.24, 2.45) is 0 Å². The third kappa shape index (κ3) is 5.01. The van der Waals surface area contributed by atoms with Gasteiger partial charge in [0.25, 0.3) is 11.7 Å². The van der Waals surface area contributed by atoms with Crippen molar-refractivity contribution in [2.45, 2.75) is 38.8 Å². The number of carbonyl (C=O) groups is 2. The summed E-state index contributed by atoms with van der Waals surface area (Å²) in [6.07, 6.45) is 6.44. The standard InChI is InChI=1S/C28H28N2O4/c1-2-3-7-17-34-23-12-8-11-22(18-23)25-24(26(31)21-9-5-4-6-10-21)27(32)28(33)30(25)19-20-13-15-29-16-14-20/h4-6,8-16,18,25,31H,2-3,7,17,19H2,1H3. The maximum absolute atomic E-state index is 13.2. The molecule has 0 spiro atoms. The molecular formula is C28H28N2O4. The van der Waals surface area contributed by atoms with E-state index in [9.17, 15) is 14.7 Å². The van der Waals surface area contributed by atoms with Gasteiger partial charge >= 0.3 is 0 Å². The largest absolute Gasteiger partial charge is 0.507 e. The molecule has 6 heteroatoms. The van der Waals surface area contributed by atoms with E-state index < -0.39 is 17.7 Å². The van der Waals surface area contributed by atoms with Gasteiger partial charge in [-0.1, -0.05) is 62.2 Å². The van der Waals surface area contributed by atoms with Gasteiger partial charge in [-0.05, 0) is 41.8 Å². The van der Waals surface area contributed by atoms with E-state index in [1.165, 1.54) is 4.90 Å². The number of aromatic nitrogens is 1. The Balaban J connectivity index is 1.76. The monoisotopic (exact) mass is 456 g/mol. The van der Waals surface area contributed by atoms with Crippen LogP contribution in [0.4, 0.5) is 0 Å². The maximum Gasteiger partial charge on any atom is 0.295 e. The number of rotatable bonds is 9. The summed E-state index contributed by atoms with van der Waals surface area (Å²) in [5.41, 5.74) is 2.11. The fraction of sp³-hybridized carbons (Fsp3) is 0.250. The van der Waals surface area contributed by atoms with Crippen LogP contribution < -0.4 is 4.74 Å². The molecule has 4 rings (SSSR count). The Morgan fingerprint density at radius 1 is 1.00 bits per heavy atom. The molecule has 3 aromatic rings. The number of hydrogen-bond donors (Lipinski definition) is 1. The number of benzene rings is 2. The molecule has 1 aliphatic heterocycles. The van der Waals surface area contributed by atoms with Gasteiger partial charge in [-0.15, -0.1) is 0 Å². The quantitative estimate of drug-likeness (QED) is 0.205. The lowest BCUT2D eigenvalue weighted by Gasteiger charge is -2.25. The minimum Gasteiger partial charge on any atom is -0.507 e. The highest BCUT2D eigenvalue weighted by molar-refractivity contribution is 6.46. The Kier molecular flexibility index (Phi) is 7.38. The summed E-state index contributed by atoms with van der Waals surface area (Å²) >= 11 is 0. The SMILES string of the molecule is CCCCCOc1cccc(C2C(=C(O)c3ccccc3)C(=O)C(=O)N2Cc2ccncc2)c1. The highest BCUT2D eigenvalue weighted by Crippen LogP contribution is 2.41. The molecule has 1 aromatic heterocycles. The molecule has 0 saturated carbocycles. The zero-order valence-corrected chi connectivity index (χ0v) is 19.2. The normalized spacial score (nSPS) is 17.2. The van der Waals surface area contributed by atoms with Crippen molar-refractivity contribution in [1.82, 2.24) is 9.88 Å². The number of aliphatic hydroxyl groups excluding tert-OH is 1. The molecule has 6 nitrogen and oxygen atoms in total. The first kappa shape index (κ1) is 23.2. The highest BCUT2D eigenvalue weighted by Gasteiger charge is 2.46. The van der Waals surface area contributed by atoms with E-state index in [0.29, 0.717) is 23.5 Å². The average Bonchev–Trinajstić information content (AvgIpc) is 3.12. The Hall–Kier alpha value is -3.93. The number of likely N-dealkylation sites (tertiary alicyclic amines) is 1. The van der Waals surface area contributed by atoms with Crippen molar-refractivity contribution in [3.8, 4) is 5.75 Å². The Bertz CT molecular complexity index is 1180. The molecule has 1 amide bonds. The van der Waals surface area contributed by atoms with E-state index in [-0.39, 0.29) is 17.9 Å². The highest BCUT2D eigenvalue weighted by atomic mass is 16.5. The second kappa shape index (κ2) is 10.8. The minimum atomic E-state index is -0.743. The Morgan fingerprint density at radius 2 is 1.76 bits per heavy atom. The molecule has 2 heterocycles. The van der Waals surface area contributed by atoms with Crippen LogP contribution in [0.3, 0.4) is 0 Å². The van der Waals surface area contributed by atoms with Gasteiger partial charge < -0.3 is 14.7 Å². The molecule has 1 atom stereocenters. The molecule has 0 aliphatic carbocycles. The summed E-state index contributed by atoms with van der Waals surface area (Å²) in [6.45, 7) is 2.95. The molecule has 1 aliphatic rings. The molecule has 174 valence electrons. The number of pyridine rings is 1. The number of ether oxygens (including phenoxy) is 1. The van der Waals surface area contributed by atoms with E-state index in [0.717, 1.165) is 24.8 Å². The summed E-state index contributed by atoms with van der Waals surface area (Å²) < 4.78 is 5.92.